The molecule has 162 valence electrons. The number of unbranched alkanes of at least 4 members (excludes halogenated alkanes) is 1. The first-order valence-electron chi connectivity index (χ1n) is 7.10. The van der Waals surface area contributed by atoms with E-state index in [2.05, 4.69) is 4.18 Å². The molecule has 0 saturated carbocycles. The van der Waals surface area contributed by atoms with Crippen LogP contribution in [0.5, 0.6) is 0 Å². The molecule has 0 fully saturated rings. The van der Waals surface area contributed by atoms with Crippen molar-refractivity contribution < 1.29 is 56.5 Å². The number of hydrogen-bond acceptors (Lipinski definition) is 3. The van der Waals surface area contributed by atoms with Gasteiger partial charge in [0.2, 0.25) is 0 Å². The summed E-state index contributed by atoms with van der Waals surface area (Å²) in [5, 5.41) is 0. The molecular formula is C13H16F10O3S. The van der Waals surface area contributed by atoms with Gasteiger partial charge in [-0.15, -0.1) is 0 Å². The van der Waals surface area contributed by atoms with E-state index in [1.165, 1.54) is 0 Å². The second-order valence-corrected chi connectivity index (χ2v) is 7.51. The Balaban J connectivity index is 4.99. The fourth-order valence-electron chi connectivity index (χ4n) is 1.65. The fourth-order valence-corrected chi connectivity index (χ4v) is 2.95. The highest BCUT2D eigenvalue weighted by Gasteiger charge is 2.79. The molecule has 0 spiro atoms. The molecule has 0 aromatic carbocycles. The first kappa shape index (κ1) is 26.0. The van der Waals surface area contributed by atoms with Gasteiger partial charge in [0.05, 0.1) is 6.61 Å². The van der Waals surface area contributed by atoms with Crippen molar-refractivity contribution in [3.8, 4) is 0 Å². The summed E-state index contributed by atoms with van der Waals surface area (Å²) >= 11 is 0. The average molecular weight is 442 g/mol. The molecule has 0 aliphatic rings. The van der Waals surface area contributed by atoms with Gasteiger partial charge in [-0.3, -0.25) is 4.18 Å². The summed E-state index contributed by atoms with van der Waals surface area (Å²) < 4.78 is 154. The van der Waals surface area contributed by atoms with Crippen molar-refractivity contribution >= 4 is 10.1 Å². The maximum absolute atomic E-state index is 13.9. The molecule has 0 bridgehead atoms. The van der Waals surface area contributed by atoms with E-state index >= 15 is 0 Å². The van der Waals surface area contributed by atoms with Crippen LogP contribution in [0.2, 0.25) is 0 Å². The van der Waals surface area contributed by atoms with Crippen LogP contribution in [0.1, 0.15) is 26.7 Å². The van der Waals surface area contributed by atoms with Gasteiger partial charge in [0.1, 0.15) is 5.75 Å². The molecule has 0 aromatic rings. The summed E-state index contributed by atoms with van der Waals surface area (Å²) in [6.07, 6.45) is -5.84. The van der Waals surface area contributed by atoms with E-state index in [0.717, 1.165) is 6.08 Å². The van der Waals surface area contributed by atoms with Crippen molar-refractivity contribution in [1.29, 1.82) is 0 Å². The van der Waals surface area contributed by atoms with Crippen molar-refractivity contribution in [3.05, 3.63) is 12.2 Å². The van der Waals surface area contributed by atoms with Crippen molar-refractivity contribution in [2.75, 3.05) is 12.4 Å². The second-order valence-electron chi connectivity index (χ2n) is 5.87. The molecule has 27 heavy (non-hydrogen) atoms. The number of alkyl halides is 10. The van der Waals surface area contributed by atoms with Crippen LogP contribution in [0, 0.1) is 0 Å². The van der Waals surface area contributed by atoms with Crippen LogP contribution in [-0.4, -0.2) is 50.4 Å². The van der Waals surface area contributed by atoms with Crippen LogP contribution < -0.4 is 0 Å². The monoisotopic (exact) mass is 442 g/mol. The molecular weight excluding hydrogens is 426 g/mol. The molecule has 1 atom stereocenters. The Hall–Kier alpha value is -1.05. The third-order valence-electron chi connectivity index (χ3n) is 3.04. The number of hydrogen-bond donors (Lipinski definition) is 0. The van der Waals surface area contributed by atoms with Crippen molar-refractivity contribution in [2.24, 2.45) is 0 Å². The minimum absolute atomic E-state index is 0.159. The highest BCUT2D eigenvalue weighted by Crippen LogP contribution is 2.52. The van der Waals surface area contributed by atoms with Gasteiger partial charge in [0, 0.05) is 6.92 Å². The van der Waals surface area contributed by atoms with Crippen molar-refractivity contribution in [1.82, 2.24) is 0 Å². The van der Waals surface area contributed by atoms with E-state index in [-0.39, 0.29) is 12.8 Å². The van der Waals surface area contributed by atoms with E-state index in [1.807, 2.05) is 0 Å². The lowest BCUT2D eigenvalue weighted by Gasteiger charge is -2.35. The molecule has 0 aliphatic heterocycles. The lowest BCUT2D eigenvalue weighted by Crippen LogP contribution is -2.63. The summed E-state index contributed by atoms with van der Waals surface area (Å²) in [6, 6.07) is 0. The molecule has 0 amide bonds. The Labute approximate surface area is 148 Å². The molecule has 0 heterocycles. The highest BCUT2D eigenvalue weighted by atomic mass is 32.2. The summed E-state index contributed by atoms with van der Waals surface area (Å²) in [4.78, 5) is 0. The molecule has 0 rings (SSSR count). The van der Waals surface area contributed by atoms with Crippen LogP contribution >= 0.6 is 0 Å². The Bertz CT molecular complexity index is 617. The standard InChI is InChI=1S/C13H16F10O3S/c1-9(14,11(17,18)12(19,20)13(21,22)23)8-27(24,25)26-7-5-3-4-6-10(2,15)16/h4,6H,3,5,7-8H2,1-2H3/b6-4-. The smallest absolute Gasteiger partial charge is 0.270 e. The SMILES string of the molecule is CC(F)(F)/C=C\CCCOS(=O)(=O)CC(C)(F)C(F)(F)C(F)(F)C(F)(F)F. The average Bonchev–Trinajstić information content (AvgIpc) is 2.38. The molecule has 0 aromatic heterocycles. The van der Waals surface area contributed by atoms with Crippen LogP contribution in [0.15, 0.2) is 12.2 Å². The first-order chi connectivity index (χ1) is 11.7. The predicted octanol–water partition coefficient (Wildman–Crippen LogP) is 4.89. The zero-order chi connectivity index (χ0) is 21.9. The second kappa shape index (κ2) is 8.13. The van der Waals surface area contributed by atoms with Gasteiger partial charge >= 0.3 is 18.0 Å². The summed E-state index contributed by atoms with van der Waals surface area (Å²) in [5.74, 6) is -18.9. The molecule has 0 N–H and O–H groups in total. The van der Waals surface area contributed by atoms with Gasteiger partial charge in [0.25, 0.3) is 16.0 Å². The van der Waals surface area contributed by atoms with Gasteiger partial charge in [-0.05, 0) is 25.8 Å². The predicted molar refractivity (Wildman–Crippen MR) is 74.2 cm³/mol. The summed E-state index contributed by atoms with van der Waals surface area (Å²) in [6.45, 7) is -0.692. The van der Waals surface area contributed by atoms with E-state index in [1.54, 1.807) is 0 Å². The minimum atomic E-state index is -6.84. The van der Waals surface area contributed by atoms with E-state index in [0.29, 0.717) is 13.0 Å². The number of allylic oxidation sites excluding steroid dienone is 2. The topological polar surface area (TPSA) is 43.4 Å². The van der Waals surface area contributed by atoms with Crippen molar-refractivity contribution in [3.63, 3.8) is 0 Å². The van der Waals surface area contributed by atoms with E-state index in [9.17, 15) is 52.3 Å². The summed E-state index contributed by atoms with van der Waals surface area (Å²) in [5.41, 5.74) is -4.82. The number of rotatable bonds is 10. The van der Waals surface area contributed by atoms with Crippen LogP contribution in [0.3, 0.4) is 0 Å². The largest absolute Gasteiger partial charge is 0.460 e. The lowest BCUT2D eigenvalue weighted by molar-refractivity contribution is -0.375. The quantitative estimate of drug-likeness (QED) is 0.210. The zero-order valence-electron chi connectivity index (χ0n) is 13.9. The third kappa shape index (κ3) is 7.12. The molecule has 0 saturated heterocycles. The van der Waals surface area contributed by atoms with Gasteiger partial charge in [0.15, 0.2) is 5.67 Å². The lowest BCUT2D eigenvalue weighted by atomic mass is 9.96. The maximum Gasteiger partial charge on any atom is 0.460 e. The number of halogens is 10. The van der Waals surface area contributed by atoms with E-state index in [4.69, 9.17) is 0 Å². The minimum Gasteiger partial charge on any atom is -0.270 e. The Morgan fingerprint density at radius 3 is 1.74 bits per heavy atom. The van der Waals surface area contributed by atoms with Crippen LogP contribution in [-0.2, 0) is 14.3 Å². The Kier molecular flexibility index (Phi) is 7.82. The van der Waals surface area contributed by atoms with Gasteiger partial charge in [-0.2, -0.15) is 39.2 Å². The zero-order valence-corrected chi connectivity index (χ0v) is 14.7. The van der Waals surface area contributed by atoms with E-state index < -0.39 is 59.0 Å². The highest BCUT2D eigenvalue weighted by molar-refractivity contribution is 7.86. The van der Waals surface area contributed by atoms with Gasteiger partial charge in [-0.25, -0.2) is 13.2 Å². The molecule has 0 radical (unpaired) electrons. The van der Waals surface area contributed by atoms with Gasteiger partial charge < -0.3 is 0 Å². The Morgan fingerprint density at radius 1 is 0.852 bits per heavy atom. The van der Waals surface area contributed by atoms with Crippen molar-refractivity contribution in [2.45, 2.75) is 56.3 Å². The van der Waals surface area contributed by atoms with Gasteiger partial charge in [-0.1, -0.05) is 6.08 Å². The third-order valence-corrected chi connectivity index (χ3v) is 4.46. The molecule has 0 aliphatic carbocycles. The summed E-state index contributed by atoms with van der Waals surface area (Å²) in [7, 11) is -5.27. The molecule has 3 nitrogen and oxygen atoms in total. The Morgan fingerprint density at radius 2 is 1.33 bits per heavy atom. The molecule has 14 heteroatoms. The molecule has 1 unspecified atom stereocenters. The fraction of sp³-hybridized carbons (Fsp3) is 0.846. The normalized spacial score (nSPS) is 17.3. The maximum atomic E-state index is 13.9. The first-order valence-corrected chi connectivity index (χ1v) is 8.68. The van der Waals surface area contributed by atoms with Crippen LogP contribution in [0.4, 0.5) is 43.9 Å². The van der Waals surface area contributed by atoms with Crippen LogP contribution in [0.25, 0.3) is 0 Å².